The number of aliphatic hydroxyl groups excluding tert-OH is 1. The molecule has 0 aromatic heterocycles. The fourth-order valence-corrected chi connectivity index (χ4v) is 1.16. The highest BCUT2D eigenvalue weighted by atomic mass is 16.6. The van der Waals surface area contributed by atoms with E-state index in [2.05, 4.69) is 0 Å². The van der Waals surface area contributed by atoms with E-state index in [4.69, 9.17) is 4.74 Å². The quantitative estimate of drug-likeness (QED) is 0.594. The maximum Gasteiger partial charge on any atom is 0.185 e. The van der Waals surface area contributed by atoms with E-state index in [1.165, 1.54) is 0 Å². The number of anilines is 1. The Bertz CT molecular complexity index is 289. The van der Waals surface area contributed by atoms with Gasteiger partial charge in [-0.1, -0.05) is 12.1 Å². The van der Waals surface area contributed by atoms with Gasteiger partial charge in [-0.25, -0.2) is 5.06 Å². The highest BCUT2D eigenvalue weighted by molar-refractivity contribution is 5.57. The highest BCUT2D eigenvalue weighted by Gasteiger charge is 2.23. The average molecular weight is 167 g/mol. The lowest BCUT2D eigenvalue weighted by molar-refractivity contribution is 0.0168. The molecule has 0 bridgehead atoms. The number of fused-ring (bicyclic) bond motifs is 1. The van der Waals surface area contributed by atoms with E-state index in [0.717, 1.165) is 5.06 Å². The van der Waals surface area contributed by atoms with Gasteiger partial charge < -0.3 is 9.84 Å². The summed E-state index contributed by atoms with van der Waals surface area (Å²) >= 11 is 0. The number of ether oxygens (including phenoxy) is 1. The molecule has 1 aromatic rings. The molecule has 0 saturated heterocycles. The molecule has 1 atom stereocenters. The zero-order valence-electron chi connectivity index (χ0n) is 6.34. The molecule has 1 aliphatic rings. The van der Waals surface area contributed by atoms with Gasteiger partial charge in [-0.15, -0.1) is 0 Å². The molecule has 1 aromatic carbocycles. The number of para-hydroxylation sites is 2. The van der Waals surface area contributed by atoms with Crippen molar-refractivity contribution in [2.24, 2.45) is 0 Å². The van der Waals surface area contributed by atoms with E-state index in [1.54, 1.807) is 18.2 Å². The number of hydrogen-bond acceptors (Lipinski definition) is 4. The van der Waals surface area contributed by atoms with E-state index in [1.807, 2.05) is 6.07 Å². The Hall–Kier alpha value is -1.26. The second-order valence-corrected chi connectivity index (χ2v) is 2.60. The van der Waals surface area contributed by atoms with Gasteiger partial charge >= 0.3 is 0 Å². The van der Waals surface area contributed by atoms with Crippen molar-refractivity contribution in [2.75, 3.05) is 11.7 Å². The maximum atomic E-state index is 9.33. The minimum Gasteiger partial charge on any atom is -0.487 e. The molecular weight excluding hydrogens is 158 g/mol. The van der Waals surface area contributed by atoms with Crippen LogP contribution >= 0.6 is 0 Å². The number of aliphatic hydroxyl groups is 1. The average Bonchev–Trinajstić information content (AvgIpc) is 2.12. The fourth-order valence-electron chi connectivity index (χ4n) is 1.16. The predicted molar refractivity (Wildman–Crippen MR) is 42.2 cm³/mol. The molecular formula is C8H9NO3. The largest absolute Gasteiger partial charge is 0.487 e. The van der Waals surface area contributed by atoms with Crippen LogP contribution in [0.3, 0.4) is 0 Å². The zero-order valence-corrected chi connectivity index (χ0v) is 6.34. The van der Waals surface area contributed by atoms with Crippen LogP contribution in [0, 0.1) is 0 Å². The molecule has 0 aliphatic carbocycles. The molecule has 0 amide bonds. The summed E-state index contributed by atoms with van der Waals surface area (Å²) in [5, 5.41) is 19.3. The first kappa shape index (κ1) is 7.39. The fraction of sp³-hybridized carbons (Fsp3) is 0.250. The molecule has 2 rings (SSSR count). The molecule has 1 heterocycles. The molecule has 4 nitrogen and oxygen atoms in total. The minimum atomic E-state index is -0.972. The van der Waals surface area contributed by atoms with Gasteiger partial charge in [0.05, 0.1) is 0 Å². The SMILES string of the molecule is OC1COc2ccccc2N1O. The van der Waals surface area contributed by atoms with Crippen molar-refractivity contribution in [1.82, 2.24) is 0 Å². The number of nitrogens with zero attached hydrogens (tertiary/aromatic N) is 1. The van der Waals surface area contributed by atoms with Gasteiger partial charge in [-0.2, -0.15) is 0 Å². The monoisotopic (exact) mass is 167 g/mol. The molecule has 2 N–H and O–H groups in total. The van der Waals surface area contributed by atoms with Crippen molar-refractivity contribution >= 4 is 5.69 Å². The van der Waals surface area contributed by atoms with Crippen molar-refractivity contribution in [2.45, 2.75) is 6.23 Å². The van der Waals surface area contributed by atoms with Crippen molar-refractivity contribution < 1.29 is 15.1 Å². The van der Waals surface area contributed by atoms with Crippen molar-refractivity contribution in [1.29, 1.82) is 0 Å². The molecule has 1 aliphatic heterocycles. The van der Waals surface area contributed by atoms with Crippen LogP contribution in [0.15, 0.2) is 24.3 Å². The van der Waals surface area contributed by atoms with Crippen LogP contribution in [0.25, 0.3) is 0 Å². The van der Waals surface area contributed by atoms with Gasteiger partial charge in [0.15, 0.2) is 6.23 Å². The predicted octanol–water partition coefficient (Wildman–Crippen LogP) is 0.593. The summed E-state index contributed by atoms with van der Waals surface area (Å²) in [7, 11) is 0. The number of hydrogen-bond donors (Lipinski definition) is 2. The topological polar surface area (TPSA) is 52.9 Å². The lowest BCUT2D eigenvalue weighted by atomic mass is 10.2. The second kappa shape index (κ2) is 2.66. The first-order chi connectivity index (χ1) is 5.79. The summed E-state index contributed by atoms with van der Waals surface area (Å²) in [5.74, 6) is 0.588. The van der Waals surface area contributed by atoms with E-state index >= 15 is 0 Å². The number of hydroxylamine groups is 1. The van der Waals surface area contributed by atoms with Gasteiger partial charge in [-0.3, -0.25) is 5.21 Å². The van der Waals surface area contributed by atoms with Crippen molar-refractivity contribution in [3.63, 3.8) is 0 Å². The van der Waals surface area contributed by atoms with Gasteiger partial charge in [0.1, 0.15) is 18.0 Å². The Morgan fingerprint density at radius 1 is 1.42 bits per heavy atom. The Morgan fingerprint density at radius 2 is 2.17 bits per heavy atom. The first-order valence-corrected chi connectivity index (χ1v) is 3.67. The molecule has 0 radical (unpaired) electrons. The molecule has 12 heavy (non-hydrogen) atoms. The third kappa shape index (κ3) is 1.01. The van der Waals surface area contributed by atoms with E-state index in [0.29, 0.717) is 11.4 Å². The Kier molecular flexibility index (Phi) is 1.64. The molecule has 1 unspecified atom stereocenters. The zero-order chi connectivity index (χ0) is 8.55. The lowest BCUT2D eigenvalue weighted by Gasteiger charge is -2.29. The summed E-state index contributed by atoms with van der Waals surface area (Å²) < 4.78 is 5.15. The summed E-state index contributed by atoms with van der Waals surface area (Å²) in [5.41, 5.74) is 0.497. The van der Waals surface area contributed by atoms with Crippen LogP contribution in [0.4, 0.5) is 5.69 Å². The van der Waals surface area contributed by atoms with Crippen LogP contribution in [-0.2, 0) is 0 Å². The van der Waals surface area contributed by atoms with Crippen LogP contribution in [0.1, 0.15) is 0 Å². The van der Waals surface area contributed by atoms with E-state index < -0.39 is 6.23 Å². The highest BCUT2D eigenvalue weighted by Crippen LogP contribution is 2.31. The Balaban J connectivity index is 2.42. The molecule has 4 heteroatoms. The maximum absolute atomic E-state index is 9.33. The Morgan fingerprint density at radius 3 is 3.00 bits per heavy atom. The molecule has 0 spiro atoms. The van der Waals surface area contributed by atoms with Crippen LogP contribution in [0.2, 0.25) is 0 Å². The number of benzene rings is 1. The minimum absolute atomic E-state index is 0.0908. The summed E-state index contributed by atoms with van der Waals surface area (Å²) in [6.45, 7) is 0.0908. The van der Waals surface area contributed by atoms with Gasteiger partial charge in [0, 0.05) is 0 Å². The van der Waals surface area contributed by atoms with Crippen molar-refractivity contribution in [3.05, 3.63) is 24.3 Å². The number of rotatable bonds is 0. The first-order valence-electron chi connectivity index (χ1n) is 3.67. The van der Waals surface area contributed by atoms with Crippen LogP contribution in [-0.4, -0.2) is 23.1 Å². The van der Waals surface area contributed by atoms with Crippen LogP contribution < -0.4 is 9.80 Å². The van der Waals surface area contributed by atoms with Gasteiger partial charge in [0.2, 0.25) is 0 Å². The molecule has 0 fully saturated rings. The summed E-state index contributed by atoms with van der Waals surface area (Å²) in [6, 6.07) is 7.00. The Labute approximate surface area is 69.6 Å². The van der Waals surface area contributed by atoms with Gasteiger partial charge in [0.25, 0.3) is 0 Å². The summed E-state index contributed by atoms with van der Waals surface area (Å²) in [4.78, 5) is 0. The van der Waals surface area contributed by atoms with Gasteiger partial charge in [-0.05, 0) is 12.1 Å². The van der Waals surface area contributed by atoms with Crippen LogP contribution in [0.5, 0.6) is 5.75 Å². The molecule has 0 saturated carbocycles. The molecule has 64 valence electrons. The lowest BCUT2D eigenvalue weighted by Crippen LogP contribution is -2.40. The normalized spacial score (nSPS) is 21.5. The second-order valence-electron chi connectivity index (χ2n) is 2.60. The van der Waals surface area contributed by atoms with E-state index in [-0.39, 0.29) is 6.61 Å². The third-order valence-corrected chi connectivity index (χ3v) is 1.78. The van der Waals surface area contributed by atoms with Crippen molar-refractivity contribution in [3.8, 4) is 5.75 Å². The standard InChI is InChI=1S/C8H9NO3/c10-8-5-12-7-4-2-1-3-6(7)9(8)11/h1-4,8,10-11H,5H2. The third-order valence-electron chi connectivity index (χ3n) is 1.78. The smallest absolute Gasteiger partial charge is 0.185 e. The summed E-state index contributed by atoms with van der Waals surface area (Å²) in [6.07, 6.45) is -0.972. The van der Waals surface area contributed by atoms with E-state index in [9.17, 15) is 10.3 Å².